The summed E-state index contributed by atoms with van der Waals surface area (Å²) < 4.78 is 0. The lowest BCUT2D eigenvalue weighted by molar-refractivity contribution is 0.514. The first kappa shape index (κ1) is 36.0. The standard InChI is InChI=1S/C32H66BrClSi/c1-35(2,34)32-30-28-26-24-22-20-18-16-14-12-10-8-6-4-3-5-7-9-11-13-15-17-19-21-23-25-27-29-31-33/h3-32H2,1-2H3. The fraction of sp³-hybridized carbons (Fsp3) is 1.00. The summed E-state index contributed by atoms with van der Waals surface area (Å²) in [6, 6.07) is 1.30. The number of unbranched alkanes of at least 4 members (excludes halogenated alkanes) is 27. The highest BCUT2D eigenvalue weighted by Crippen LogP contribution is 2.20. The van der Waals surface area contributed by atoms with E-state index in [1.807, 2.05) is 0 Å². The van der Waals surface area contributed by atoms with E-state index in [-0.39, 0.29) is 0 Å². The normalized spacial score (nSPS) is 12.0. The molecular weight excluding hydrogens is 528 g/mol. The molecule has 0 spiro atoms. The Morgan fingerprint density at radius 2 is 0.514 bits per heavy atom. The number of hydrogen-bond acceptors (Lipinski definition) is 0. The van der Waals surface area contributed by atoms with Crippen LogP contribution in [-0.4, -0.2) is 12.7 Å². The third-order valence-corrected chi connectivity index (χ3v) is 10.3. The van der Waals surface area contributed by atoms with Gasteiger partial charge in [0.25, 0.3) is 0 Å². The fourth-order valence-corrected chi connectivity index (χ4v) is 7.12. The van der Waals surface area contributed by atoms with Gasteiger partial charge in [-0.15, -0.1) is 0 Å². The quantitative estimate of drug-likeness (QED) is 0.0336. The molecule has 0 saturated carbocycles. The average Bonchev–Trinajstić information content (AvgIpc) is 2.82. The molecule has 0 atom stereocenters. The van der Waals surface area contributed by atoms with Crippen molar-refractivity contribution >= 4 is 34.4 Å². The maximum Gasteiger partial charge on any atom is 0.150 e. The number of alkyl halides is 1. The molecule has 0 fully saturated rings. The first-order chi connectivity index (χ1) is 17.1. The predicted molar refractivity (Wildman–Crippen MR) is 171 cm³/mol. The van der Waals surface area contributed by atoms with E-state index in [0.29, 0.717) is 0 Å². The SMILES string of the molecule is C[Si](C)(Cl)CCCCCCCCCCCCCCCCCCCCCCCCCCCCCCBr. The van der Waals surface area contributed by atoms with E-state index in [1.54, 1.807) is 0 Å². The van der Waals surface area contributed by atoms with Gasteiger partial charge in [0.1, 0.15) is 7.38 Å². The van der Waals surface area contributed by atoms with E-state index < -0.39 is 7.38 Å². The van der Waals surface area contributed by atoms with Crippen LogP contribution in [0.3, 0.4) is 0 Å². The summed E-state index contributed by atoms with van der Waals surface area (Å²) in [5, 5.41) is 1.18. The molecule has 0 rings (SSSR count). The van der Waals surface area contributed by atoms with Crippen molar-refractivity contribution in [3.05, 3.63) is 0 Å². The Hall–Kier alpha value is 0.987. The van der Waals surface area contributed by atoms with Gasteiger partial charge in [-0.05, 0) is 12.5 Å². The van der Waals surface area contributed by atoms with E-state index in [0.717, 1.165) is 0 Å². The molecule has 0 aromatic rings. The van der Waals surface area contributed by atoms with Gasteiger partial charge in [0.15, 0.2) is 0 Å². The van der Waals surface area contributed by atoms with Crippen LogP contribution in [-0.2, 0) is 0 Å². The van der Waals surface area contributed by atoms with Crippen LogP contribution >= 0.6 is 27.0 Å². The van der Waals surface area contributed by atoms with E-state index in [1.165, 1.54) is 191 Å². The lowest BCUT2D eigenvalue weighted by Crippen LogP contribution is -2.14. The lowest BCUT2D eigenvalue weighted by Gasteiger charge is -2.11. The summed E-state index contributed by atoms with van der Waals surface area (Å²) in [5.74, 6) is 0. The molecule has 0 aromatic carbocycles. The van der Waals surface area contributed by atoms with Gasteiger partial charge in [-0.3, -0.25) is 0 Å². The van der Waals surface area contributed by atoms with Crippen molar-refractivity contribution in [1.29, 1.82) is 0 Å². The van der Waals surface area contributed by atoms with Crippen LogP contribution < -0.4 is 0 Å². The molecule has 0 bridgehead atoms. The highest BCUT2D eigenvalue weighted by molar-refractivity contribution is 9.09. The summed E-state index contributed by atoms with van der Waals surface area (Å²) in [6.07, 6.45) is 40.9. The van der Waals surface area contributed by atoms with E-state index in [2.05, 4.69) is 29.0 Å². The van der Waals surface area contributed by atoms with Gasteiger partial charge in [-0.25, -0.2) is 0 Å². The van der Waals surface area contributed by atoms with Crippen molar-refractivity contribution in [2.75, 3.05) is 5.33 Å². The first-order valence-electron chi connectivity index (χ1n) is 16.3. The van der Waals surface area contributed by atoms with Crippen LogP contribution in [0.25, 0.3) is 0 Å². The minimum Gasteiger partial charge on any atom is -0.168 e. The Morgan fingerprint density at radius 3 is 0.686 bits per heavy atom. The number of hydrogen-bond donors (Lipinski definition) is 0. The minimum atomic E-state index is -1.31. The molecule has 0 aliphatic rings. The molecule has 0 aliphatic carbocycles. The molecule has 0 aliphatic heterocycles. The van der Waals surface area contributed by atoms with Gasteiger partial charge in [-0.2, -0.15) is 11.1 Å². The maximum absolute atomic E-state index is 6.39. The Morgan fingerprint density at radius 1 is 0.343 bits per heavy atom. The Balaban J connectivity index is 3.03. The topological polar surface area (TPSA) is 0 Å². The molecular formula is C32H66BrClSi. The zero-order valence-corrected chi connectivity index (χ0v) is 27.8. The third-order valence-electron chi connectivity index (χ3n) is 7.65. The predicted octanol–water partition coefficient (Wildman–Crippen LogP) is 13.7. The molecule has 212 valence electrons. The summed E-state index contributed by atoms with van der Waals surface area (Å²) in [6.45, 7) is 4.55. The Bertz CT molecular complexity index is 382. The molecule has 0 nitrogen and oxygen atoms in total. The Labute approximate surface area is 237 Å². The van der Waals surface area contributed by atoms with E-state index in [4.69, 9.17) is 11.1 Å². The van der Waals surface area contributed by atoms with Crippen LogP contribution in [0.5, 0.6) is 0 Å². The second-order valence-corrected chi connectivity index (χ2v) is 19.9. The van der Waals surface area contributed by atoms with Gasteiger partial charge < -0.3 is 0 Å². The maximum atomic E-state index is 6.39. The van der Waals surface area contributed by atoms with Gasteiger partial charge in [-0.1, -0.05) is 202 Å². The average molecular weight is 594 g/mol. The van der Waals surface area contributed by atoms with Crippen LogP contribution in [0.15, 0.2) is 0 Å². The van der Waals surface area contributed by atoms with Crippen LogP contribution in [0.1, 0.15) is 180 Å². The smallest absolute Gasteiger partial charge is 0.150 e. The van der Waals surface area contributed by atoms with Gasteiger partial charge in [0, 0.05) is 5.33 Å². The van der Waals surface area contributed by atoms with Crippen LogP contribution in [0, 0.1) is 0 Å². The molecule has 35 heavy (non-hydrogen) atoms. The molecule has 0 N–H and O–H groups in total. The molecule has 0 amide bonds. The van der Waals surface area contributed by atoms with Crippen molar-refractivity contribution in [3.8, 4) is 0 Å². The summed E-state index contributed by atoms with van der Waals surface area (Å²) in [7, 11) is -1.31. The second-order valence-electron chi connectivity index (χ2n) is 12.1. The lowest BCUT2D eigenvalue weighted by atomic mass is 10.0. The van der Waals surface area contributed by atoms with E-state index >= 15 is 0 Å². The first-order valence-corrected chi connectivity index (χ1v) is 21.7. The zero-order valence-electron chi connectivity index (χ0n) is 24.5. The monoisotopic (exact) mass is 592 g/mol. The third kappa shape index (κ3) is 35.0. The molecule has 3 heteroatoms. The van der Waals surface area contributed by atoms with E-state index in [9.17, 15) is 0 Å². The van der Waals surface area contributed by atoms with Gasteiger partial charge >= 0.3 is 0 Å². The second kappa shape index (κ2) is 29.5. The van der Waals surface area contributed by atoms with Gasteiger partial charge in [0.05, 0.1) is 0 Å². The molecule has 0 unspecified atom stereocenters. The molecule has 0 radical (unpaired) electrons. The molecule has 0 heterocycles. The largest absolute Gasteiger partial charge is 0.168 e. The van der Waals surface area contributed by atoms with Crippen molar-refractivity contribution in [2.45, 2.75) is 199 Å². The highest BCUT2D eigenvalue weighted by Gasteiger charge is 2.15. The Kier molecular flexibility index (Phi) is 30.4. The zero-order chi connectivity index (χ0) is 25.7. The minimum absolute atomic E-state index is 1.18. The van der Waals surface area contributed by atoms with Gasteiger partial charge in [0.2, 0.25) is 0 Å². The van der Waals surface area contributed by atoms with Crippen molar-refractivity contribution in [2.24, 2.45) is 0 Å². The summed E-state index contributed by atoms with van der Waals surface area (Å²) in [5.41, 5.74) is 0. The van der Waals surface area contributed by atoms with Crippen molar-refractivity contribution in [1.82, 2.24) is 0 Å². The van der Waals surface area contributed by atoms with Crippen LogP contribution in [0.2, 0.25) is 19.1 Å². The number of halogens is 2. The fourth-order valence-electron chi connectivity index (χ4n) is 5.24. The molecule has 0 aromatic heterocycles. The summed E-state index contributed by atoms with van der Waals surface area (Å²) >= 11 is 9.91. The number of rotatable bonds is 30. The highest BCUT2D eigenvalue weighted by atomic mass is 79.9. The summed E-state index contributed by atoms with van der Waals surface area (Å²) in [4.78, 5) is 0. The van der Waals surface area contributed by atoms with Crippen molar-refractivity contribution in [3.63, 3.8) is 0 Å². The van der Waals surface area contributed by atoms with Crippen LogP contribution in [0.4, 0.5) is 0 Å². The van der Waals surface area contributed by atoms with Crippen molar-refractivity contribution < 1.29 is 0 Å². The molecule has 0 saturated heterocycles.